The molecule has 9 heteroatoms. The zero-order valence-electron chi connectivity index (χ0n) is 14.9. The van der Waals surface area contributed by atoms with Crippen molar-refractivity contribution >= 4 is 29.6 Å². The molecule has 0 atom stereocenters. The van der Waals surface area contributed by atoms with E-state index in [0.29, 0.717) is 39.0 Å². The van der Waals surface area contributed by atoms with Gasteiger partial charge in [-0.05, 0) is 25.0 Å². The molecule has 3 aromatic heterocycles. The van der Waals surface area contributed by atoms with Gasteiger partial charge in [-0.3, -0.25) is 0 Å². The predicted octanol–water partition coefficient (Wildman–Crippen LogP) is 4.26. The van der Waals surface area contributed by atoms with Crippen LogP contribution in [0.15, 0.2) is 46.1 Å². The third kappa shape index (κ3) is 2.88. The monoisotopic (exact) mass is 394 g/mol. The summed E-state index contributed by atoms with van der Waals surface area (Å²) in [6.07, 6.45) is 5.96. The molecule has 28 heavy (non-hydrogen) atoms. The van der Waals surface area contributed by atoms with Crippen LogP contribution in [0.3, 0.4) is 0 Å². The minimum absolute atomic E-state index is 0.168. The van der Waals surface area contributed by atoms with E-state index in [9.17, 15) is 0 Å². The summed E-state index contributed by atoms with van der Waals surface area (Å²) in [5, 5.41) is 9.86. The van der Waals surface area contributed by atoms with E-state index in [1.807, 2.05) is 35.0 Å². The fourth-order valence-electron chi connectivity index (χ4n) is 3.68. The van der Waals surface area contributed by atoms with Gasteiger partial charge in [0.1, 0.15) is 22.7 Å². The number of hydrogen-bond donors (Lipinski definition) is 2. The molecule has 2 N–H and O–H groups in total. The van der Waals surface area contributed by atoms with E-state index in [-0.39, 0.29) is 12.0 Å². The number of rotatable bonds is 4. The molecule has 0 radical (unpaired) electrons. The van der Waals surface area contributed by atoms with Crippen LogP contribution in [0.2, 0.25) is 0 Å². The number of nitrogens with zero attached hydrogens (tertiary/aromatic N) is 5. The van der Waals surface area contributed by atoms with Crippen LogP contribution in [-0.4, -0.2) is 24.9 Å². The topological polar surface area (TPSA) is 105 Å². The standard InChI is InChI=1S/C19H18N6O2S/c20-19-22-17-14(18(28)23-19)15(24-25(17)11-6-4-5-7-11)16-13(10-21-27-16)26-12-8-2-1-3-9-12/h1-3,8-11H,4-7H2,(H3,20,22,23,28). The molecule has 0 spiro atoms. The van der Waals surface area contributed by atoms with Gasteiger partial charge in [-0.15, -0.1) is 12.6 Å². The van der Waals surface area contributed by atoms with Gasteiger partial charge in [0.2, 0.25) is 11.7 Å². The molecule has 1 aliphatic rings. The minimum atomic E-state index is 0.168. The number of anilines is 1. The Labute approximate surface area is 166 Å². The molecular formula is C19H18N6O2S. The number of aromatic nitrogens is 5. The summed E-state index contributed by atoms with van der Waals surface area (Å²) in [5.41, 5.74) is 7.08. The second-order valence-corrected chi connectivity index (χ2v) is 7.19. The molecule has 142 valence electrons. The van der Waals surface area contributed by atoms with Crippen LogP contribution in [-0.2, 0) is 0 Å². The lowest BCUT2D eigenvalue weighted by Crippen LogP contribution is -2.08. The quantitative estimate of drug-likeness (QED) is 0.393. The summed E-state index contributed by atoms with van der Waals surface area (Å²) in [5.74, 6) is 1.72. The van der Waals surface area contributed by atoms with Crippen LogP contribution in [0.1, 0.15) is 31.7 Å². The Hall–Kier alpha value is -3.07. The largest absolute Gasteiger partial charge is 0.451 e. The number of para-hydroxylation sites is 1. The maximum absolute atomic E-state index is 5.96. The molecule has 0 amide bonds. The number of fused-ring (bicyclic) bond motifs is 1. The normalized spacial score (nSPS) is 14.8. The Morgan fingerprint density at radius 3 is 2.71 bits per heavy atom. The van der Waals surface area contributed by atoms with Crippen LogP contribution < -0.4 is 10.5 Å². The lowest BCUT2D eigenvalue weighted by molar-refractivity contribution is 0.419. The zero-order valence-corrected chi connectivity index (χ0v) is 15.8. The Balaban J connectivity index is 1.67. The van der Waals surface area contributed by atoms with Crippen LogP contribution >= 0.6 is 12.6 Å². The fraction of sp³-hybridized carbons (Fsp3) is 0.263. The molecule has 0 saturated heterocycles. The van der Waals surface area contributed by atoms with Crippen molar-refractivity contribution in [1.29, 1.82) is 0 Å². The molecule has 0 bridgehead atoms. The van der Waals surface area contributed by atoms with E-state index < -0.39 is 0 Å². The highest BCUT2D eigenvalue weighted by Gasteiger charge is 2.28. The van der Waals surface area contributed by atoms with Gasteiger partial charge in [0.15, 0.2) is 11.4 Å². The molecule has 1 aliphatic carbocycles. The molecule has 5 rings (SSSR count). The van der Waals surface area contributed by atoms with Gasteiger partial charge in [0.25, 0.3) is 0 Å². The number of thiol groups is 1. The van der Waals surface area contributed by atoms with Crippen molar-refractivity contribution in [3.05, 3.63) is 36.5 Å². The minimum Gasteiger partial charge on any atom is -0.451 e. The molecule has 0 unspecified atom stereocenters. The predicted molar refractivity (Wildman–Crippen MR) is 107 cm³/mol. The summed E-state index contributed by atoms with van der Waals surface area (Å²) in [4.78, 5) is 8.64. The second kappa shape index (κ2) is 6.83. The first-order chi connectivity index (χ1) is 13.7. The van der Waals surface area contributed by atoms with Gasteiger partial charge in [-0.25, -0.2) is 9.67 Å². The molecule has 1 aromatic carbocycles. The van der Waals surface area contributed by atoms with E-state index in [1.54, 1.807) is 0 Å². The van der Waals surface area contributed by atoms with Crippen molar-refractivity contribution < 1.29 is 9.26 Å². The SMILES string of the molecule is Nc1nc(S)c2c(-c3oncc3Oc3ccccc3)nn(C3CCCC3)c2n1. The average Bonchev–Trinajstić information content (AvgIpc) is 3.41. The third-order valence-corrected chi connectivity index (χ3v) is 5.27. The van der Waals surface area contributed by atoms with Crippen LogP contribution in [0, 0.1) is 0 Å². The zero-order chi connectivity index (χ0) is 19.1. The molecular weight excluding hydrogens is 376 g/mol. The van der Waals surface area contributed by atoms with Gasteiger partial charge in [0, 0.05) is 0 Å². The highest BCUT2D eigenvalue weighted by atomic mass is 32.1. The van der Waals surface area contributed by atoms with Crippen molar-refractivity contribution in [2.45, 2.75) is 36.8 Å². The fourth-order valence-corrected chi connectivity index (χ4v) is 3.99. The number of nitrogen functional groups attached to an aromatic ring is 1. The van der Waals surface area contributed by atoms with Crippen molar-refractivity contribution in [3.63, 3.8) is 0 Å². The van der Waals surface area contributed by atoms with E-state index in [4.69, 9.17) is 20.1 Å². The van der Waals surface area contributed by atoms with Crippen molar-refractivity contribution in [3.8, 4) is 23.0 Å². The van der Waals surface area contributed by atoms with Crippen molar-refractivity contribution in [2.75, 3.05) is 5.73 Å². The van der Waals surface area contributed by atoms with Gasteiger partial charge < -0.3 is 15.0 Å². The molecule has 4 aromatic rings. The third-order valence-electron chi connectivity index (χ3n) is 4.94. The molecule has 1 saturated carbocycles. The highest BCUT2D eigenvalue weighted by molar-refractivity contribution is 7.80. The Morgan fingerprint density at radius 1 is 1.14 bits per heavy atom. The van der Waals surface area contributed by atoms with Crippen LogP contribution in [0.5, 0.6) is 11.5 Å². The number of ether oxygens (including phenoxy) is 1. The van der Waals surface area contributed by atoms with E-state index in [2.05, 4.69) is 27.8 Å². The van der Waals surface area contributed by atoms with Crippen molar-refractivity contribution in [2.24, 2.45) is 0 Å². The Bertz CT molecular complexity index is 1130. The summed E-state index contributed by atoms with van der Waals surface area (Å²) in [6.45, 7) is 0. The van der Waals surface area contributed by atoms with Crippen LogP contribution in [0.4, 0.5) is 5.95 Å². The van der Waals surface area contributed by atoms with Gasteiger partial charge in [0.05, 0.1) is 11.4 Å². The number of nitrogens with two attached hydrogens (primary N) is 1. The van der Waals surface area contributed by atoms with Gasteiger partial charge in [-0.1, -0.05) is 36.2 Å². The molecule has 0 aliphatic heterocycles. The van der Waals surface area contributed by atoms with Crippen LogP contribution in [0.25, 0.3) is 22.5 Å². The maximum Gasteiger partial charge on any atom is 0.230 e. The average molecular weight is 394 g/mol. The smallest absolute Gasteiger partial charge is 0.230 e. The first-order valence-electron chi connectivity index (χ1n) is 9.13. The Morgan fingerprint density at radius 2 is 1.93 bits per heavy atom. The first kappa shape index (κ1) is 17.1. The Kier molecular flexibility index (Phi) is 4.16. The summed E-state index contributed by atoms with van der Waals surface area (Å²) >= 11 is 4.52. The van der Waals surface area contributed by atoms with Gasteiger partial charge in [-0.2, -0.15) is 10.1 Å². The molecule has 1 fully saturated rings. The van der Waals surface area contributed by atoms with Gasteiger partial charge >= 0.3 is 0 Å². The second-order valence-electron chi connectivity index (χ2n) is 6.77. The van der Waals surface area contributed by atoms with E-state index >= 15 is 0 Å². The summed E-state index contributed by atoms with van der Waals surface area (Å²) in [7, 11) is 0. The first-order valence-corrected chi connectivity index (χ1v) is 9.58. The number of hydrogen-bond acceptors (Lipinski definition) is 8. The number of benzene rings is 1. The van der Waals surface area contributed by atoms with Crippen molar-refractivity contribution in [1.82, 2.24) is 24.9 Å². The lowest BCUT2D eigenvalue weighted by atomic mass is 10.2. The summed E-state index contributed by atoms with van der Waals surface area (Å²) in [6, 6.07) is 9.71. The molecule has 8 nitrogen and oxygen atoms in total. The summed E-state index contributed by atoms with van der Waals surface area (Å²) < 4.78 is 13.4. The highest BCUT2D eigenvalue weighted by Crippen LogP contribution is 2.40. The van der Waals surface area contributed by atoms with E-state index in [1.165, 1.54) is 19.0 Å². The maximum atomic E-state index is 5.96. The lowest BCUT2D eigenvalue weighted by Gasteiger charge is -2.10. The van der Waals surface area contributed by atoms with E-state index in [0.717, 1.165) is 12.8 Å². The molecule has 3 heterocycles.